The van der Waals surface area contributed by atoms with Gasteiger partial charge in [0.15, 0.2) is 6.73 Å². The number of hydrogen-bond acceptors (Lipinski definition) is 2. The van der Waals surface area contributed by atoms with Crippen LogP contribution in [0.3, 0.4) is 0 Å². The fraction of sp³-hybridized carbons (Fsp3) is 0.278. The van der Waals surface area contributed by atoms with Crippen LogP contribution in [0.25, 0.3) is 0 Å². The van der Waals surface area contributed by atoms with Gasteiger partial charge in [-0.25, -0.2) is 4.79 Å². The van der Waals surface area contributed by atoms with Crippen molar-refractivity contribution >= 4 is 29.2 Å². The highest BCUT2D eigenvalue weighted by atomic mass is 35.5. The molecule has 2 amide bonds. The molecular formula is C18H20Cl2N2O2. The number of benzene rings is 2. The number of carbonyl (C=O) groups is 1. The highest BCUT2D eigenvalue weighted by Gasteiger charge is 2.17. The molecule has 0 fully saturated rings. The molecule has 0 aromatic heterocycles. The maximum atomic E-state index is 12.4. The average Bonchev–Trinajstić information content (AvgIpc) is 2.55. The summed E-state index contributed by atoms with van der Waals surface area (Å²) in [4.78, 5) is 14.1. The Bertz CT molecular complexity index is 678. The number of hydrogen-bond donors (Lipinski definition) is 1. The maximum absolute atomic E-state index is 12.4. The second-order valence-electron chi connectivity index (χ2n) is 5.55. The van der Waals surface area contributed by atoms with E-state index in [1.165, 1.54) is 0 Å². The van der Waals surface area contributed by atoms with E-state index in [1.54, 1.807) is 23.1 Å². The molecule has 0 unspecified atom stereocenters. The Morgan fingerprint density at radius 2 is 1.88 bits per heavy atom. The maximum Gasteiger partial charge on any atom is 0.320 e. The van der Waals surface area contributed by atoms with Crippen molar-refractivity contribution in [1.29, 1.82) is 0 Å². The first-order valence-corrected chi connectivity index (χ1v) is 8.39. The van der Waals surface area contributed by atoms with Crippen LogP contribution in [0.2, 0.25) is 10.0 Å². The molecule has 0 aliphatic heterocycles. The number of urea groups is 1. The number of nitrogens with zero attached hydrogens (tertiary/aromatic N) is 1. The predicted molar refractivity (Wildman–Crippen MR) is 97.6 cm³/mol. The van der Waals surface area contributed by atoms with E-state index < -0.39 is 0 Å². The van der Waals surface area contributed by atoms with Crippen molar-refractivity contribution in [3.05, 3.63) is 64.1 Å². The summed E-state index contributed by atoms with van der Waals surface area (Å²) >= 11 is 11.9. The summed E-state index contributed by atoms with van der Waals surface area (Å²) in [5, 5.41) is 3.68. The second-order valence-corrected chi connectivity index (χ2v) is 6.40. The topological polar surface area (TPSA) is 41.6 Å². The lowest BCUT2D eigenvalue weighted by atomic mass is 10.2. The lowest BCUT2D eigenvalue weighted by Gasteiger charge is -2.27. The zero-order valence-electron chi connectivity index (χ0n) is 13.6. The number of amides is 2. The van der Waals surface area contributed by atoms with Gasteiger partial charge in [-0.05, 0) is 37.6 Å². The van der Waals surface area contributed by atoms with Crippen molar-refractivity contribution in [1.82, 2.24) is 10.2 Å². The first kappa shape index (κ1) is 18.4. The number of nitrogens with one attached hydrogen (secondary N) is 1. The Balaban J connectivity index is 1.91. The molecule has 24 heavy (non-hydrogen) atoms. The van der Waals surface area contributed by atoms with E-state index in [1.807, 2.05) is 44.2 Å². The summed E-state index contributed by atoms with van der Waals surface area (Å²) in [5.41, 5.74) is 1.07. The van der Waals surface area contributed by atoms with Gasteiger partial charge in [0.05, 0.1) is 5.02 Å². The van der Waals surface area contributed by atoms with Gasteiger partial charge >= 0.3 is 6.03 Å². The van der Waals surface area contributed by atoms with Gasteiger partial charge < -0.3 is 15.0 Å². The van der Waals surface area contributed by atoms with Crippen molar-refractivity contribution < 1.29 is 9.53 Å². The van der Waals surface area contributed by atoms with E-state index in [0.717, 1.165) is 5.56 Å². The van der Waals surface area contributed by atoms with Gasteiger partial charge in [0.25, 0.3) is 0 Å². The molecule has 128 valence electrons. The molecule has 0 saturated carbocycles. The fourth-order valence-electron chi connectivity index (χ4n) is 2.14. The molecule has 1 N–H and O–H groups in total. The molecule has 0 aliphatic rings. The van der Waals surface area contributed by atoms with Crippen LogP contribution < -0.4 is 10.1 Å². The van der Waals surface area contributed by atoms with Crippen LogP contribution >= 0.6 is 23.2 Å². The van der Waals surface area contributed by atoms with Crippen molar-refractivity contribution in [2.45, 2.75) is 26.4 Å². The van der Waals surface area contributed by atoms with Crippen molar-refractivity contribution in [2.24, 2.45) is 0 Å². The monoisotopic (exact) mass is 366 g/mol. The van der Waals surface area contributed by atoms with Crippen LogP contribution in [0.15, 0.2) is 48.5 Å². The van der Waals surface area contributed by atoms with Gasteiger partial charge in [0.2, 0.25) is 0 Å². The third-order valence-corrected chi connectivity index (χ3v) is 3.96. The van der Waals surface area contributed by atoms with Gasteiger partial charge in [0.1, 0.15) is 5.75 Å². The molecule has 4 nitrogen and oxygen atoms in total. The molecule has 0 spiro atoms. The fourth-order valence-corrected chi connectivity index (χ4v) is 2.60. The Labute approximate surface area is 152 Å². The third-order valence-electron chi connectivity index (χ3n) is 3.42. The molecule has 2 rings (SSSR count). The highest BCUT2D eigenvalue weighted by Crippen LogP contribution is 2.27. The smallest absolute Gasteiger partial charge is 0.320 e. The molecule has 2 aromatic carbocycles. The minimum atomic E-state index is -0.195. The van der Waals surface area contributed by atoms with Gasteiger partial charge in [-0.15, -0.1) is 0 Å². The molecule has 2 aromatic rings. The predicted octanol–water partition coefficient (Wildman–Crippen LogP) is 4.95. The summed E-state index contributed by atoms with van der Waals surface area (Å²) in [7, 11) is 0. The number of rotatable bonds is 6. The minimum absolute atomic E-state index is 0.0260. The van der Waals surface area contributed by atoms with Gasteiger partial charge in [-0.1, -0.05) is 53.5 Å². The van der Waals surface area contributed by atoms with E-state index in [0.29, 0.717) is 22.3 Å². The van der Waals surface area contributed by atoms with Crippen molar-refractivity contribution in [3.63, 3.8) is 0 Å². The standard InChI is InChI=1S/C18H20Cl2N2O2/c1-13(2)22(11-14-6-4-3-5-7-14)18(23)21-12-24-17-9-8-15(19)10-16(17)20/h3-10,13H,11-12H2,1-2H3,(H,21,23). The Morgan fingerprint density at radius 1 is 1.17 bits per heavy atom. The lowest BCUT2D eigenvalue weighted by molar-refractivity contribution is 0.168. The van der Waals surface area contributed by atoms with Crippen LogP contribution in [-0.2, 0) is 6.54 Å². The second kappa shape index (κ2) is 8.81. The van der Waals surface area contributed by atoms with E-state index in [2.05, 4.69) is 5.32 Å². The van der Waals surface area contributed by atoms with Crippen molar-refractivity contribution in [3.8, 4) is 5.75 Å². The molecule has 0 bridgehead atoms. The first-order valence-electron chi connectivity index (χ1n) is 7.63. The number of halogens is 2. The lowest BCUT2D eigenvalue weighted by Crippen LogP contribution is -2.44. The molecule has 6 heteroatoms. The largest absolute Gasteiger partial charge is 0.472 e. The summed E-state index contributed by atoms with van der Waals surface area (Å²) in [5.74, 6) is 0.473. The van der Waals surface area contributed by atoms with Crippen LogP contribution in [0.1, 0.15) is 19.4 Å². The van der Waals surface area contributed by atoms with Gasteiger partial charge in [0, 0.05) is 17.6 Å². The first-order chi connectivity index (χ1) is 11.5. The van der Waals surface area contributed by atoms with Crippen LogP contribution in [0.4, 0.5) is 4.79 Å². The molecule has 0 atom stereocenters. The molecule has 0 aliphatic carbocycles. The average molecular weight is 367 g/mol. The molecule has 0 saturated heterocycles. The summed E-state index contributed by atoms with van der Waals surface area (Å²) in [6.07, 6.45) is 0. The Morgan fingerprint density at radius 3 is 2.50 bits per heavy atom. The summed E-state index contributed by atoms with van der Waals surface area (Å²) < 4.78 is 5.49. The molecule has 0 heterocycles. The zero-order valence-corrected chi connectivity index (χ0v) is 15.1. The summed E-state index contributed by atoms with van der Waals surface area (Å²) in [6.45, 7) is 4.50. The molecular weight excluding hydrogens is 347 g/mol. The van der Waals surface area contributed by atoms with Crippen LogP contribution in [0, 0.1) is 0 Å². The normalized spacial score (nSPS) is 10.5. The highest BCUT2D eigenvalue weighted by molar-refractivity contribution is 6.35. The Hall–Kier alpha value is -1.91. The Kier molecular flexibility index (Phi) is 6.76. The van der Waals surface area contributed by atoms with Gasteiger partial charge in [-0.2, -0.15) is 0 Å². The van der Waals surface area contributed by atoms with Crippen LogP contribution in [-0.4, -0.2) is 23.7 Å². The number of carbonyl (C=O) groups excluding carboxylic acids is 1. The quantitative estimate of drug-likeness (QED) is 0.734. The van der Waals surface area contributed by atoms with E-state index in [9.17, 15) is 4.79 Å². The van der Waals surface area contributed by atoms with Gasteiger partial charge in [-0.3, -0.25) is 0 Å². The van der Waals surface area contributed by atoms with Crippen molar-refractivity contribution in [2.75, 3.05) is 6.73 Å². The SMILES string of the molecule is CC(C)N(Cc1ccccc1)C(=O)NCOc1ccc(Cl)cc1Cl. The summed E-state index contributed by atoms with van der Waals surface area (Å²) in [6, 6.07) is 14.7. The third kappa shape index (κ3) is 5.32. The van der Waals surface area contributed by atoms with E-state index in [4.69, 9.17) is 27.9 Å². The van der Waals surface area contributed by atoms with E-state index >= 15 is 0 Å². The van der Waals surface area contributed by atoms with Crippen LogP contribution in [0.5, 0.6) is 5.75 Å². The minimum Gasteiger partial charge on any atom is -0.472 e. The molecule has 0 radical (unpaired) electrons. The zero-order chi connectivity index (χ0) is 17.5. The van der Waals surface area contributed by atoms with E-state index in [-0.39, 0.29) is 18.8 Å². The number of ether oxygens (including phenoxy) is 1.